The lowest BCUT2D eigenvalue weighted by Gasteiger charge is -2.08. The Morgan fingerprint density at radius 2 is 1.78 bits per heavy atom. The highest BCUT2D eigenvalue weighted by Crippen LogP contribution is 2.38. The third-order valence-electron chi connectivity index (χ3n) is 5.99. The zero-order valence-corrected chi connectivity index (χ0v) is 18.9. The van der Waals surface area contributed by atoms with Crippen LogP contribution in [0.3, 0.4) is 0 Å². The van der Waals surface area contributed by atoms with Crippen LogP contribution in [-0.4, -0.2) is 24.9 Å². The molecule has 0 unspecified atom stereocenters. The molecule has 0 aliphatic carbocycles. The number of nitrogens with zero attached hydrogens (tertiary/aromatic N) is 4. The summed E-state index contributed by atoms with van der Waals surface area (Å²) in [5.41, 5.74) is 10.2. The molecule has 0 spiro atoms. The zero-order chi connectivity index (χ0) is 22.4. The van der Waals surface area contributed by atoms with Gasteiger partial charge < -0.3 is 14.8 Å². The largest absolute Gasteiger partial charge is 0.361 e. The van der Waals surface area contributed by atoms with Gasteiger partial charge in [-0.3, -0.25) is 4.68 Å². The monoisotopic (exact) mass is 426 g/mol. The maximum atomic E-state index is 5.45. The molecule has 162 valence electrons. The molecule has 0 aliphatic rings. The van der Waals surface area contributed by atoms with E-state index in [4.69, 9.17) is 9.51 Å². The lowest BCUT2D eigenvalue weighted by atomic mass is 9.95. The third-order valence-corrected chi connectivity index (χ3v) is 5.99. The second kappa shape index (κ2) is 7.67. The maximum absolute atomic E-state index is 5.45. The molecule has 0 saturated carbocycles. The zero-order valence-electron chi connectivity index (χ0n) is 18.9. The standard InChI is InChI=1S/C25H26N6O/c1-14-22(16(3)31(5)29-14)20-11-19(23-15(2)30-32-17(23)4)12-21-24(20)28-25(27-21)26-13-18-9-7-6-8-10-18/h6-12H,13H2,1-5H3,(H2,26,27,28). The highest BCUT2D eigenvalue weighted by molar-refractivity contribution is 5.98. The molecule has 5 aromatic rings. The molecule has 0 atom stereocenters. The summed E-state index contributed by atoms with van der Waals surface area (Å²) in [4.78, 5) is 8.38. The van der Waals surface area contributed by atoms with E-state index in [2.05, 4.69) is 51.7 Å². The first kappa shape index (κ1) is 20.1. The first-order valence-electron chi connectivity index (χ1n) is 10.7. The van der Waals surface area contributed by atoms with Crippen molar-refractivity contribution in [1.82, 2.24) is 24.9 Å². The number of imidazole rings is 1. The van der Waals surface area contributed by atoms with Crippen molar-refractivity contribution in [3.8, 4) is 22.3 Å². The predicted molar refractivity (Wildman–Crippen MR) is 127 cm³/mol. The van der Waals surface area contributed by atoms with E-state index >= 15 is 0 Å². The van der Waals surface area contributed by atoms with Gasteiger partial charge in [-0.15, -0.1) is 0 Å². The molecule has 5 rings (SSSR count). The van der Waals surface area contributed by atoms with E-state index in [-0.39, 0.29) is 0 Å². The number of nitrogens with one attached hydrogen (secondary N) is 2. The van der Waals surface area contributed by atoms with Gasteiger partial charge in [0.05, 0.1) is 22.4 Å². The van der Waals surface area contributed by atoms with Gasteiger partial charge in [-0.05, 0) is 51.0 Å². The summed E-state index contributed by atoms with van der Waals surface area (Å²) in [6, 6.07) is 14.6. The van der Waals surface area contributed by atoms with Crippen LogP contribution in [0, 0.1) is 27.7 Å². The molecule has 0 radical (unpaired) electrons. The normalized spacial score (nSPS) is 11.4. The number of anilines is 1. The summed E-state index contributed by atoms with van der Waals surface area (Å²) in [5.74, 6) is 1.54. The SMILES string of the molecule is Cc1noc(C)c1-c1cc(-c2c(C)nn(C)c2C)c2nc(NCc3ccccc3)[nH]c2c1. The Bertz CT molecular complexity index is 1400. The Morgan fingerprint density at radius 1 is 1.00 bits per heavy atom. The van der Waals surface area contributed by atoms with Crippen LogP contribution in [0.1, 0.15) is 28.4 Å². The number of hydrogen-bond donors (Lipinski definition) is 2. The molecule has 2 aromatic carbocycles. The van der Waals surface area contributed by atoms with E-state index in [1.165, 1.54) is 5.56 Å². The van der Waals surface area contributed by atoms with Crippen molar-refractivity contribution in [2.45, 2.75) is 34.2 Å². The van der Waals surface area contributed by atoms with Crippen molar-refractivity contribution in [1.29, 1.82) is 0 Å². The molecule has 7 heteroatoms. The van der Waals surface area contributed by atoms with Crippen molar-refractivity contribution < 1.29 is 4.52 Å². The minimum atomic E-state index is 0.692. The van der Waals surface area contributed by atoms with Crippen molar-refractivity contribution in [2.24, 2.45) is 7.05 Å². The molecule has 0 fully saturated rings. The molecule has 32 heavy (non-hydrogen) atoms. The number of aryl methyl sites for hydroxylation is 4. The number of fused-ring (bicyclic) bond motifs is 1. The molecule has 0 bridgehead atoms. The van der Waals surface area contributed by atoms with Crippen LogP contribution >= 0.6 is 0 Å². The van der Waals surface area contributed by atoms with Crippen LogP contribution in [0.5, 0.6) is 0 Å². The van der Waals surface area contributed by atoms with Crippen LogP contribution < -0.4 is 5.32 Å². The second-order valence-electron chi connectivity index (χ2n) is 8.21. The van der Waals surface area contributed by atoms with E-state index in [0.29, 0.717) is 6.54 Å². The summed E-state index contributed by atoms with van der Waals surface area (Å²) >= 11 is 0. The summed E-state index contributed by atoms with van der Waals surface area (Å²) in [6.07, 6.45) is 0. The molecular formula is C25H26N6O. The molecule has 0 saturated heterocycles. The van der Waals surface area contributed by atoms with Crippen molar-refractivity contribution >= 4 is 17.0 Å². The van der Waals surface area contributed by atoms with Gasteiger partial charge in [0.15, 0.2) is 0 Å². The van der Waals surface area contributed by atoms with Crippen LogP contribution in [0.4, 0.5) is 5.95 Å². The van der Waals surface area contributed by atoms with Crippen molar-refractivity contribution in [3.05, 3.63) is 70.9 Å². The molecule has 0 amide bonds. The van der Waals surface area contributed by atoms with Gasteiger partial charge in [0, 0.05) is 36.0 Å². The topological polar surface area (TPSA) is 84.6 Å². The van der Waals surface area contributed by atoms with Gasteiger partial charge in [0.1, 0.15) is 5.76 Å². The highest BCUT2D eigenvalue weighted by atomic mass is 16.5. The Balaban J connectivity index is 1.67. The van der Waals surface area contributed by atoms with Gasteiger partial charge in [0.25, 0.3) is 0 Å². The molecule has 0 aliphatic heterocycles. The van der Waals surface area contributed by atoms with Crippen LogP contribution in [-0.2, 0) is 13.6 Å². The molecule has 3 heterocycles. The Kier molecular flexibility index (Phi) is 4.81. The molecule has 7 nitrogen and oxygen atoms in total. The number of aromatic amines is 1. The van der Waals surface area contributed by atoms with E-state index in [0.717, 1.165) is 62.1 Å². The minimum absolute atomic E-state index is 0.692. The minimum Gasteiger partial charge on any atom is -0.361 e. The Morgan fingerprint density at radius 3 is 2.44 bits per heavy atom. The average molecular weight is 427 g/mol. The number of rotatable bonds is 5. The number of hydrogen-bond acceptors (Lipinski definition) is 5. The predicted octanol–water partition coefficient (Wildman–Crippen LogP) is 5.46. The smallest absolute Gasteiger partial charge is 0.201 e. The van der Waals surface area contributed by atoms with Crippen LogP contribution in [0.2, 0.25) is 0 Å². The summed E-state index contributed by atoms with van der Waals surface area (Å²) < 4.78 is 7.36. The molecular weight excluding hydrogens is 400 g/mol. The van der Waals surface area contributed by atoms with Gasteiger partial charge in [-0.1, -0.05) is 35.5 Å². The number of aromatic nitrogens is 5. The summed E-state index contributed by atoms with van der Waals surface area (Å²) in [6.45, 7) is 8.73. The summed E-state index contributed by atoms with van der Waals surface area (Å²) in [5, 5.41) is 12.2. The third kappa shape index (κ3) is 3.36. The van der Waals surface area contributed by atoms with Crippen molar-refractivity contribution in [3.63, 3.8) is 0 Å². The quantitative estimate of drug-likeness (QED) is 0.390. The highest BCUT2D eigenvalue weighted by Gasteiger charge is 2.21. The van der Waals surface area contributed by atoms with Crippen LogP contribution in [0.15, 0.2) is 47.0 Å². The Labute approximate surface area is 186 Å². The van der Waals surface area contributed by atoms with E-state index in [1.54, 1.807) is 0 Å². The fourth-order valence-electron chi connectivity index (χ4n) is 4.38. The fraction of sp³-hybridized carbons (Fsp3) is 0.240. The number of H-pyrrole nitrogens is 1. The van der Waals surface area contributed by atoms with Crippen LogP contribution in [0.25, 0.3) is 33.3 Å². The molecule has 2 N–H and O–H groups in total. The van der Waals surface area contributed by atoms with Gasteiger partial charge in [0.2, 0.25) is 5.95 Å². The first-order valence-corrected chi connectivity index (χ1v) is 10.7. The fourth-order valence-corrected chi connectivity index (χ4v) is 4.38. The first-order chi connectivity index (χ1) is 15.4. The molecule has 3 aromatic heterocycles. The Hall–Kier alpha value is -3.87. The lowest BCUT2D eigenvalue weighted by Crippen LogP contribution is -2.00. The van der Waals surface area contributed by atoms with Gasteiger partial charge in [-0.2, -0.15) is 5.10 Å². The van der Waals surface area contributed by atoms with E-state index < -0.39 is 0 Å². The van der Waals surface area contributed by atoms with Gasteiger partial charge >= 0.3 is 0 Å². The van der Waals surface area contributed by atoms with Crippen molar-refractivity contribution in [2.75, 3.05) is 5.32 Å². The maximum Gasteiger partial charge on any atom is 0.201 e. The van der Waals surface area contributed by atoms with Gasteiger partial charge in [-0.25, -0.2) is 4.98 Å². The van der Waals surface area contributed by atoms with E-state index in [1.807, 2.05) is 50.7 Å². The lowest BCUT2D eigenvalue weighted by molar-refractivity contribution is 0.393. The second-order valence-corrected chi connectivity index (χ2v) is 8.21. The summed E-state index contributed by atoms with van der Waals surface area (Å²) in [7, 11) is 1.97. The number of benzene rings is 2. The average Bonchev–Trinajstić information content (AvgIpc) is 3.42. The van der Waals surface area contributed by atoms with E-state index in [9.17, 15) is 0 Å².